The first-order valence-corrected chi connectivity index (χ1v) is 26.8. The molecule has 4 fully saturated rings. The van der Waals surface area contributed by atoms with Crippen LogP contribution in [0.5, 0.6) is 0 Å². The van der Waals surface area contributed by atoms with Crippen LogP contribution in [0, 0.1) is 23.2 Å². The number of hydrogen-bond donors (Lipinski definition) is 5. The van der Waals surface area contributed by atoms with E-state index in [4.69, 9.17) is 20.6 Å². The van der Waals surface area contributed by atoms with Crippen LogP contribution >= 0.6 is 11.3 Å². The second-order valence-corrected chi connectivity index (χ2v) is 24.5. The lowest BCUT2D eigenvalue weighted by Gasteiger charge is -2.69. The summed E-state index contributed by atoms with van der Waals surface area (Å²) in [5.41, 5.74) is 9.66. The lowest BCUT2D eigenvalue weighted by molar-refractivity contribution is -0.248. The predicted molar refractivity (Wildman–Crippen MR) is 258 cm³/mol. The molecule has 1 aliphatic heterocycles. The third-order valence-electron chi connectivity index (χ3n) is 14.4. The number of para-hydroxylation sites is 1. The number of fused-ring (bicyclic) bond motifs is 2. The number of ether oxygens (including phenoxy) is 1. The normalized spacial score (nSPS) is 24.6. The minimum atomic E-state index is -4.62. The van der Waals surface area contributed by atoms with Crippen LogP contribution in [0.25, 0.3) is 21.3 Å². The summed E-state index contributed by atoms with van der Waals surface area (Å²) in [6, 6.07) is 15.3. The van der Waals surface area contributed by atoms with Crippen molar-refractivity contribution in [1.82, 2.24) is 24.6 Å². The smallest absolute Gasteiger partial charge is 0.355 e. The molecule has 4 saturated carbocycles. The number of hydrogen-bond acceptors (Lipinski definition) is 14. The molecule has 0 radical (unpaired) electrons. The number of carboxylic acid groups (broad SMARTS) is 1. The van der Waals surface area contributed by atoms with Gasteiger partial charge in [-0.25, -0.2) is 14.8 Å². The number of nitrogens with zero attached hydrogens (tertiary/aromatic N) is 6. The lowest BCUT2D eigenvalue weighted by Crippen LogP contribution is -2.64. The summed E-state index contributed by atoms with van der Waals surface area (Å²) in [4.78, 5) is 52.2. The Morgan fingerprint density at radius 2 is 1.65 bits per heavy atom. The first-order chi connectivity index (χ1) is 32.4. The van der Waals surface area contributed by atoms with E-state index < -0.39 is 61.8 Å². The van der Waals surface area contributed by atoms with Crippen molar-refractivity contribution in [3.05, 3.63) is 88.9 Å². The molecule has 4 bridgehead atoms. The van der Waals surface area contributed by atoms with Gasteiger partial charge in [-0.2, -0.15) is 21.9 Å². The van der Waals surface area contributed by atoms with Gasteiger partial charge in [-0.05, 0) is 110 Å². The fraction of sp³-hybridized carbons (Fsp3) is 0.489. The Morgan fingerprint density at radius 3 is 2.35 bits per heavy atom. The number of thiazole rings is 1. The first kappa shape index (κ1) is 48.7. The fourth-order valence-electron chi connectivity index (χ4n) is 12.9. The molecule has 2 amide bonds. The molecule has 3 unspecified atom stereocenters. The molecule has 4 heterocycles. The number of anilines is 2. The number of nitrogens with two attached hydrogens (primary N) is 1. The molecule has 4 aliphatic carbocycles. The summed E-state index contributed by atoms with van der Waals surface area (Å²) in [6.45, 7) is 7.29. The Labute approximate surface area is 403 Å². The van der Waals surface area contributed by atoms with Crippen molar-refractivity contribution in [3.63, 3.8) is 0 Å². The molecule has 0 saturated heterocycles. The third-order valence-corrected chi connectivity index (χ3v) is 16.8. The Hall–Kier alpha value is -5.36. The number of pyridine rings is 1. The Balaban J connectivity index is 0.920. The number of carbonyl (C=O) groups excluding carboxylic acids is 2. The van der Waals surface area contributed by atoms with Crippen molar-refractivity contribution < 1.29 is 50.2 Å². The molecular formula is C47H56N8O11S3. The minimum absolute atomic E-state index is 0.0184. The van der Waals surface area contributed by atoms with E-state index in [-0.39, 0.29) is 41.0 Å². The van der Waals surface area contributed by atoms with E-state index in [1.54, 1.807) is 18.3 Å². The maximum absolute atomic E-state index is 13.7. The molecule has 22 heteroatoms. The molecule has 10 rings (SSSR count). The van der Waals surface area contributed by atoms with Gasteiger partial charge in [0.25, 0.3) is 26.1 Å². The van der Waals surface area contributed by atoms with Gasteiger partial charge in [0.05, 0.1) is 40.1 Å². The van der Waals surface area contributed by atoms with Gasteiger partial charge in [0, 0.05) is 55.1 Å². The van der Waals surface area contributed by atoms with Crippen LogP contribution in [0.3, 0.4) is 0 Å². The van der Waals surface area contributed by atoms with E-state index in [0.29, 0.717) is 60.1 Å². The number of amides is 2. The van der Waals surface area contributed by atoms with Gasteiger partial charge in [0.15, 0.2) is 10.8 Å². The van der Waals surface area contributed by atoms with Crippen molar-refractivity contribution in [2.75, 3.05) is 48.0 Å². The highest BCUT2D eigenvalue weighted by molar-refractivity contribution is 7.86. The molecule has 3 atom stereocenters. The average molecular weight is 1010 g/mol. The second-order valence-electron chi connectivity index (χ2n) is 20.4. The maximum Gasteiger partial charge on any atom is 0.355 e. The molecule has 5 aliphatic rings. The lowest BCUT2D eigenvalue weighted by atomic mass is 9.39. The Bertz CT molecular complexity index is 3050. The van der Waals surface area contributed by atoms with E-state index >= 15 is 0 Å². The first-order valence-electron chi connectivity index (χ1n) is 22.8. The van der Waals surface area contributed by atoms with Gasteiger partial charge < -0.3 is 25.4 Å². The van der Waals surface area contributed by atoms with Crippen LogP contribution in [0.15, 0.2) is 60.8 Å². The van der Waals surface area contributed by atoms with Crippen LogP contribution < -0.4 is 16.0 Å². The van der Waals surface area contributed by atoms with Crippen molar-refractivity contribution in [2.45, 2.75) is 90.4 Å². The van der Waals surface area contributed by atoms with Crippen molar-refractivity contribution in [1.29, 1.82) is 0 Å². The topological polar surface area (TPSA) is 278 Å². The Morgan fingerprint density at radius 1 is 0.913 bits per heavy atom. The number of benzene rings is 2. The monoisotopic (exact) mass is 1000 g/mol. The predicted octanol–water partition coefficient (Wildman–Crippen LogP) is 5.44. The molecule has 5 aromatic rings. The summed E-state index contributed by atoms with van der Waals surface area (Å²) in [7, 11) is -9.10. The van der Waals surface area contributed by atoms with Gasteiger partial charge in [-0.15, -0.1) is 0 Å². The Kier molecular flexibility index (Phi) is 12.5. The van der Waals surface area contributed by atoms with Crippen LogP contribution in [-0.2, 0) is 49.3 Å². The molecule has 368 valence electrons. The minimum Gasteiger partial charge on any atom is -0.476 e. The van der Waals surface area contributed by atoms with E-state index in [0.717, 1.165) is 64.0 Å². The second kappa shape index (κ2) is 17.8. The van der Waals surface area contributed by atoms with Gasteiger partial charge in [0.1, 0.15) is 11.9 Å². The average Bonchev–Trinajstić information content (AvgIpc) is 3.83. The van der Waals surface area contributed by atoms with Crippen molar-refractivity contribution >= 4 is 70.5 Å². The standard InChI is InChI=1S/C47H56N8O11S3/c1-29-33(31-11-12-38(51-39(31)42(58)59)54-14-13-30-7-6-8-32(34(30)20-54)40(56)52-43-50-36-9-4-5-10-37(36)67-43)19-49-55(29)28-46-23-44(2)22-45(3,24-46)26-47(25-44,27-46)66-17-15-53(16-18-68(60,61)62)41(57)35(48)21-69(63,64)65/h4-12,19,35H,13-18,20-28,48H2,1-3H3,(H,58,59)(H,50,52,56)(H,60,61,62)(H,63,64,65). The van der Waals surface area contributed by atoms with E-state index in [1.165, 1.54) is 11.3 Å². The number of nitrogens with one attached hydrogen (secondary N) is 1. The summed E-state index contributed by atoms with van der Waals surface area (Å²) < 4.78 is 74.7. The number of aromatic carboxylic acids is 1. The zero-order valence-corrected chi connectivity index (χ0v) is 41.0. The number of carbonyl (C=O) groups is 3. The summed E-state index contributed by atoms with van der Waals surface area (Å²) >= 11 is 1.40. The fourth-order valence-corrected chi connectivity index (χ4v) is 14.8. The van der Waals surface area contributed by atoms with Crippen LogP contribution in [0.2, 0.25) is 0 Å². The van der Waals surface area contributed by atoms with Gasteiger partial charge in [-0.3, -0.25) is 28.7 Å². The number of rotatable bonds is 17. The number of aromatic nitrogens is 4. The highest BCUT2D eigenvalue weighted by atomic mass is 32.2. The molecule has 0 spiro atoms. The zero-order valence-electron chi connectivity index (χ0n) is 38.6. The van der Waals surface area contributed by atoms with Gasteiger partial charge >= 0.3 is 5.97 Å². The van der Waals surface area contributed by atoms with Crippen LogP contribution in [0.4, 0.5) is 10.9 Å². The molecular weight excluding hydrogens is 949 g/mol. The molecule has 6 N–H and O–H groups in total. The van der Waals surface area contributed by atoms with E-state index in [2.05, 4.69) is 24.1 Å². The molecule has 3 aromatic heterocycles. The number of carboxylic acids is 1. The highest BCUT2D eigenvalue weighted by Crippen LogP contribution is 2.72. The largest absolute Gasteiger partial charge is 0.476 e. The SMILES string of the molecule is Cc1c(-c2ccc(N3CCc4cccc(C(=O)Nc5nc6ccccc6s5)c4C3)nc2C(=O)O)cnn1CC12CC3(C)CC(C)(C1)CC(OCCN(CCS(=O)(=O)O)C(=O)C(N)CS(=O)(=O)O)(C3)C2. The van der Waals surface area contributed by atoms with Crippen molar-refractivity contribution in [2.24, 2.45) is 22.0 Å². The third kappa shape index (κ3) is 10.3. The molecule has 2 aromatic carbocycles. The molecule has 69 heavy (non-hydrogen) atoms. The maximum atomic E-state index is 13.7. The summed E-state index contributed by atoms with van der Waals surface area (Å²) in [5, 5.41) is 18.9. The van der Waals surface area contributed by atoms with E-state index in [9.17, 15) is 45.4 Å². The van der Waals surface area contributed by atoms with Crippen LogP contribution in [0.1, 0.15) is 90.0 Å². The summed E-state index contributed by atoms with van der Waals surface area (Å²) in [5.74, 6) is -3.76. The zero-order chi connectivity index (χ0) is 49.3. The van der Waals surface area contributed by atoms with Crippen molar-refractivity contribution in [3.8, 4) is 11.1 Å². The summed E-state index contributed by atoms with van der Waals surface area (Å²) in [6.07, 6.45) is 7.28. The highest BCUT2D eigenvalue weighted by Gasteiger charge is 2.66. The molecule has 19 nitrogen and oxygen atoms in total. The van der Waals surface area contributed by atoms with E-state index in [1.807, 2.05) is 59.0 Å². The quantitative estimate of drug-likeness (QED) is 0.0725. The van der Waals surface area contributed by atoms with Gasteiger partial charge in [-0.1, -0.05) is 49.4 Å². The van der Waals surface area contributed by atoms with Gasteiger partial charge in [0.2, 0.25) is 5.91 Å². The van der Waals surface area contributed by atoms with Crippen LogP contribution in [-0.4, -0.2) is 123 Å².